The number of phenols is 1. The van der Waals surface area contributed by atoms with Crippen molar-refractivity contribution in [2.24, 2.45) is 22.9 Å². The third-order valence-electron chi connectivity index (χ3n) is 16.7. The summed E-state index contributed by atoms with van der Waals surface area (Å²) in [6.07, 6.45) is -1.19. The van der Waals surface area contributed by atoms with Gasteiger partial charge in [0.25, 0.3) is 0 Å². The fourth-order valence-corrected chi connectivity index (χ4v) is 13.5. The number of aromatic hydroxyl groups is 1. The fraction of sp³-hybridized carbons (Fsp3) is 0.523. The average molecular weight is 1420 g/mol. The minimum Gasteiger partial charge on any atom is -0.508 e. The lowest BCUT2D eigenvalue weighted by atomic mass is 10.0. The molecule has 11 amide bonds. The number of phenolic OH excluding ortho intramolecular Hbond substituents is 1. The smallest absolute Gasteiger partial charge is 0.245 e. The number of fused-ring (bicyclic) bond motifs is 1. The number of hydrogen-bond donors (Lipinski definition) is 17. The summed E-state index contributed by atoms with van der Waals surface area (Å²) in [6, 6.07) is 9.57. The van der Waals surface area contributed by atoms with Crippen molar-refractivity contribution >= 4 is 97.5 Å². The van der Waals surface area contributed by atoms with Crippen LogP contribution in [-0.2, 0) is 72.0 Å². The maximum Gasteiger partial charge on any atom is 0.245 e. The number of nitrogens with two attached hydrogens (primary N) is 4. The molecule has 3 aromatic carbocycles. The number of nitrogens with zero attached hydrogens (tertiary/aromatic N) is 4. The van der Waals surface area contributed by atoms with Crippen LogP contribution in [0.5, 0.6) is 5.75 Å². The van der Waals surface area contributed by atoms with Crippen LogP contribution in [0.25, 0.3) is 10.9 Å². The number of aromatic nitrogens is 1. The number of nitrogens with one attached hydrogen (secondary N) is 9. The molecule has 3 heterocycles. The van der Waals surface area contributed by atoms with Gasteiger partial charge in [0.05, 0.1) is 51.0 Å². The van der Waals surface area contributed by atoms with E-state index in [4.69, 9.17) is 22.9 Å². The Morgan fingerprint density at radius 1 is 0.596 bits per heavy atom. The third kappa shape index (κ3) is 27.0. The number of benzene rings is 3. The van der Waals surface area contributed by atoms with Crippen molar-refractivity contribution in [2.75, 3.05) is 103 Å². The van der Waals surface area contributed by atoms with E-state index in [2.05, 4.69) is 47.5 Å². The van der Waals surface area contributed by atoms with Gasteiger partial charge >= 0.3 is 0 Å². The molecular weight excluding hydrogens is 1320 g/mol. The summed E-state index contributed by atoms with van der Waals surface area (Å²) < 4.78 is 0. The van der Waals surface area contributed by atoms with Gasteiger partial charge < -0.3 is 90.9 Å². The zero-order chi connectivity index (χ0) is 72.1. The van der Waals surface area contributed by atoms with Crippen molar-refractivity contribution in [1.29, 1.82) is 0 Å². The molecule has 0 radical (unpaired) electrons. The molecule has 10 atom stereocenters. The van der Waals surface area contributed by atoms with Gasteiger partial charge in [-0.05, 0) is 74.5 Å². The quantitative estimate of drug-likeness (QED) is 0.0206. The van der Waals surface area contributed by atoms with Crippen LogP contribution in [-0.4, -0.2) is 274 Å². The van der Waals surface area contributed by atoms with E-state index < -0.39 is 132 Å². The molecule has 4 aromatic rings. The molecule has 0 spiro atoms. The highest BCUT2D eigenvalue weighted by atomic mass is 33.1. The molecule has 99 heavy (non-hydrogen) atoms. The van der Waals surface area contributed by atoms with E-state index in [0.29, 0.717) is 47.1 Å². The van der Waals surface area contributed by atoms with Crippen LogP contribution in [0.1, 0.15) is 49.8 Å². The number of unbranched alkanes of at least 4 members (excludes halogenated alkanes) is 1. The van der Waals surface area contributed by atoms with Gasteiger partial charge in [-0.25, -0.2) is 0 Å². The number of para-hydroxylation sites is 1. The minimum absolute atomic E-state index is 0.0443. The SMILES string of the molecule is C[C@@H](O)[C@@H]1NC(=O)[C@H](CCCCN)NC(=O)[C@@H](Cc2c[nH]c3ccccc23)NC(=O)[C@H](Cc2ccc(O)cc2)NC(=O)[C@@H](NC(=O)[C@@H](Cc2ccccc2)NC(=O)CN2CCN(CC(N)=O)CCN(CC(N)=O)CCN(CC(N)=O)CC2)CSSC[C@@H](C(=O)N[C@H](CO)[C@@H](C)O)NC1=O. The molecule has 2 fully saturated rings. The first-order valence-corrected chi connectivity index (χ1v) is 35.2. The Labute approximate surface area is 581 Å². The van der Waals surface area contributed by atoms with Crippen molar-refractivity contribution in [3.63, 3.8) is 0 Å². The molecule has 542 valence electrons. The maximum absolute atomic E-state index is 15.3. The molecule has 0 saturated carbocycles. The summed E-state index contributed by atoms with van der Waals surface area (Å²) in [6.45, 7) is 3.17. The Morgan fingerprint density at radius 3 is 1.68 bits per heavy atom. The van der Waals surface area contributed by atoms with Crippen LogP contribution >= 0.6 is 21.6 Å². The van der Waals surface area contributed by atoms with Crippen molar-refractivity contribution in [1.82, 2.24) is 67.1 Å². The molecule has 34 heteroatoms. The number of aromatic amines is 1. The lowest BCUT2D eigenvalue weighted by Crippen LogP contribution is -2.62. The molecule has 2 aliphatic rings. The summed E-state index contributed by atoms with van der Waals surface area (Å²) in [5.74, 6) is -9.77. The molecule has 21 N–H and O–H groups in total. The first-order valence-electron chi connectivity index (χ1n) is 32.7. The Kier molecular flexibility index (Phi) is 32.6. The van der Waals surface area contributed by atoms with Crippen LogP contribution in [0, 0.1) is 0 Å². The van der Waals surface area contributed by atoms with E-state index in [-0.39, 0.29) is 121 Å². The Balaban J connectivity index is 1.40. The number of amides is 11. The second-order valence-corrected chi connectivity index (χ2v) is 27.2. The predicted molar refractivity (Wildman–Crippen MR) is 371 cm³/mol. The Morgan fingerprint density at radius 2 is 1.12 bits per heavy atom. The number of carbonyl (C=O) groups excluding carboxylic acids is 11. The monoisotopic (exact) mass is 1420 g/mol. The normalized spacial score (nSPS) is 22.0. The summed E-state index contributed by atoms with van der Waals surface area (Å²) in [7, 11) is 1.85. The van der Waals surface area contributed by atoms with Crippen molar-refractivity contribution in [3.8, 4) is 5.75 Å². The summed E-state index contributed by atoms with van der Waals surface area (Å²) in [4.78, 5) is 165. The zero-order valence-corrected chi connectivity index (χ0v) is 57.2. The number of rotatable bonds is 26. The van der Waals surface area contributed by atoms with Crippen molar-refractivity contribution in [2.45, 2.75) is 113 Å². The van der Waals surface area contributed by atoms with Crippen molar-refractivity contribution < 1.29 is 73.2 Å². The van der Waals surface area contributed by atoms with Gasteiger partial charge in [-0.1, -0.05) is 82.3 Å². The summed E-state index contributed by atoms with van der Waals surface area (Å²) in [5.41, 5.74) is 25.0. The van der Waals surface area contributed by atoms with Crippen LogP contribution in [0.2, 0.25) is 0 Å². The fourth-order valence-electron chi connectivity index (χ4n) is 11.2. The second kappa shape index (κ2) is 40.6. The lowest BCUT2D eigenvalue weighted by molar-refractivity contribution is -0.136. The van der Waals surface area contributed by atoms with E-state index in [1.807, 2.05) is 0 Å². The number of H-pyrrole nitrogens is 1. The Bertz CT molecular complexity index is 3320. The number of aliphatic hydroxyl groups is 3. The maximum atomic E-state index is 15.3. The second-order valence-electron chi connectivity index (χ2n) is 24.7. The van der Waals surface area contributed by atoms with Crippen LogP contribution in [0.15, 0.2) is 85.1 Å². The number of aliphatic hydroxyl groups excluding tert-OH is 3. The molecule has 1 aromatic heterocycles. The largest absolute Gasteiger partial charge is 0.508 e. The molecule has 2 aliphatic heterocycles. The minimum atomic E-state index is -1.76. The van der Waals surface area contributed by atoms with Gasteiger partial charge in [0, 0.05) is 100 Å². The highest BCUT2D eigenvalue weighted by Gasteiger charge is 2.37. The standard InChI is InChI=1S/C65H95N17O15S2/c1-39(84)51(36-83)75-64(96)53-38-99-98-37-52(76-60(92)48(28-41-10-4-3-5-11-41)71-57(90)35-82-26-24-80(33-55(68)88)22-20-79(32-54(67)87)21-23-81(25-27-82)34-56(69)89)63(95)73-49(29-42-15-17-44(86)18-16-42)61(93)74-50(30-43-31-70-46-13-7-6-12-45(43)46)62(94)72-47(14-8-9-19-66)59(91)78-58(40(2)85)65(97)77-53/h3-7,10-13,15-18,31,39-40,47-53,58,70,83-86H,8-9,14,19-30,32-38,66H2,1-2H3,(H2,67,87)(H2,68,88)(H2,69,89)(H,71,90)(H,72,94)(H,73,95)(H,74,93)(H,75,96)(H,76,92)(H,77,97)(H,78,91)/t39-,40-,47+,48-,49+,50-,51-,52+,53+,58+/m1/s1. The predicted octanol–water partition coefficient (Wildman–Crippen LogP) is -5.26. The summed E-state index contributed by atoms with van der Waals surface area (Å²) >= 11 is 0. The molecule has 32 nitrogen and oxygen atoms in total. The molecule has 0 unspecified atom stereocenters. The van der Waals surface area contributed by atoms with Gasteiger partial charge in [0.2, 0.25) is 65.0 Å². The number of primary amides is 3. The van der Waals surface area contributed by atoms with E-state index in [1.165, 1.54) is 38.1 Å². The number of carbonyl (C=O) groups is 11. The van der Waals surface area contributed by atoms with Gasteiger partial charge in [0.1, 0.15) is 48.0 Å². The van der Waals surface area contributed by atoms with Crippen LogP contribution in [0.3, 0.4) is 0 Å². The molecule has 6 rings (SSSR count). The lowest BCUT2D eigenvalue weighted by Gasteiger charge is -2.33. The van der Waals surface area contributed by atoms with E-state index in [0.717, 1.165) is 21.6 Å². The first-order chi connectivity index (χ1) is 47.3. The molecule has 0 bridgehead atoms. The topological polar surface area (TPSA) is 498 Å². The zero-order valence-electron chi connectivity index (χ0n) is 55.6. The highest BCUT2D eigenvalue weighted by molar-refractivity contribution is 8.76. The average Bonchev–Trinajstić information content (AvgIpc) is 1.73. The Hall–Kier alpha value is -8.45. The number of hydrogen-bond acceptors (Lipinski definition) is 22. The molecule has 2 saturated heterocycles. The third-order valence-corrected chi connectivity index (χ3v) is 19.1. The van der Waals surface area contributed by atoms with Gasteiger partial charge in [-0.15, -0.1) is 0 Å². The van der Waals surface area contributed by atoms with Crippen LogP contribution in [0.4, 0.5) is 0 Å². The van der Waals surface area contributed by atoms with Crippen molar-refractivity contribution in [3.05, 3.63) is 102 Å². The first kappa shape index (κ1) is 79.5. The van der Waals surface area contributed by atoms with E-state index in [9.17, 15) is 58.8 Å². The van der Waals surface area contributed by atoms with E-state index in [1.54, 1.807) is 80.4 Å². The molecular formula is C65H95N17O15S2. The molecule has 0 aliphatic carbocycles. The van der Waals surface area contributed by atoms with Crippen LogP contribution < -0.4 is 65.5 Å². The van der Waals surface area contributed by atoms with Gasteiger partial charge in [-0.2, -0.15) is 0 Å². The van der Waals surface area contributed by atoms with Gasteiger partial charge in [0.15, 0.2) is 0 Å². The van der Waals surface area contributed by atoms with E-state index >= 15 is 14.4 Å². The summed E-state index contributed by atoms with van der Waals surface area (Å²) in [5, 5.41) is 64.2. The van der Waals surface area contributed by atoms with Gasteiger partial charge in [-0.3, -0.25) is 72.3 Å². The highest BCUT2D eigenvalue weighted by Crippen LogP contribution is 2.25.